The average molecular weight is 249 g/mol. The maximum atomic E-state index is 11.3. The van der Waals surface area contributed by atoms with Gasteiger partial charge in [0.15, 0.2) is 0 Å². The van der Waals surface area contributed by atoms with Crippen LogP contribution in [0.1, 0.15) is 19.3 Å². The molecule has 0 unspecified atom stereocenters. The first kappa shape index (κ1) is 14.5. The Labute approximate surface area is 109 Å². The Morgan fingerprint density at radius 2 is 2.00 bits per heavy atom. The van der Waals surface area contributed by atoms with Crippen molar-refractivity contribution < 1.29 is 4.79 Å². The summed E-state index contributed by atoms with van der Waals surface area (Å²) in [5, 5.41) is 2.77. The summed E-state index contributed by atoms with van der Waals surface area (Å²) in [4.78, 5) is 13.5. The average Bonchev–Trinajstić information content (AvgIpc) is 2.42. The van der Waals surface area contributed by atoms with E-state index in [2.05, 4.69) is 29.4 Å². The molecule has 0 spiro atoms. The van der Waals surface area contributed by atoms with Gasteiger partial charge in [0.2, 0.25) is 5.91 Å². The molecule has 100 valence electrons. The highest BCUT2D eigenvalue weighted by Gasteiger charge is 2.02. The summed E-state index contributed by atoms with van der Waals surface area (Å²) in [5.41, 5.74) is 6.53. The van der Waals surface area contributed by atoms with Crippen LogP contribution in [0.15, 0.2) is 30.3 Å². The molecule has 18 heavy (non-hydrogen) atoms. The number of para-hydroxylation sites is 1. The van der Waals surface area contributed by atoms with Gasteiger partial charge in [-0.2, -0.15) is 0 Å². The highest BCUT2D eigenvalue weighted by Crippen LogP contribution is 2.11. The van der Waals surface area contributed by atoms with Gasteiger partial charge in [-0.25, -0.2) is 0 Å². The number of carbonyl (C=O) groups is 1. The zero-order valence-electron chi connectivity index (χ0n) is 11.1. The van der Waals surface area contributed by atoms with Crippen LogP contribution < -0.4 is 16.0 Å². The molecule has 1 aromatic rings. The van der Waals surface area contributed by atoms with Gasteiger partial charge < -0.3 is 16.0 Å². The normalized spacial score (nSPS) is 10.1. The van der Waals surface area contributed by atoms with Gasteiger partial charge in [0.05, 0.1) is 0 Å². The molecule has 0 heterocycles. The van der Waals surface area contributed by atoms with Gasteiger partial charge in [0.1, 0.15) is 0 Å². The number of nitrogens with one attached hydrogen (secondary N) is 1. The lowest BCUT2D eigenvalue weighted by atomic mass is 10.2. The third kappa shape index (κ3) is 5.68. The number of hydrogen-bond donors (Lipinski definition) is 2. The summed E-state index contributed by atoms with van der Waals surface area (Å²) < 4.78 is 0. The van der Waals surface area contributed by atoms with Crippen LogP contribution in [0, 0.1) is 0 Å². The van der Waals surface area contributed by atoms with Crippen molar-refractivity contribution in [2.45, 2.75) is 19.3 Å². The van der Waals surface area contributed by atoms with Gasteiger partial charge in [-0.3, -0.25) is 4.79 Å². The topological polar surface area (TPSA) is 58.4 Å². The predicted molar refractivity (Wildman–Crippen MR) is 75.6 cm³/mol. The van der Waals surface area contributed by atoms with Gasteiger partial charge in [-0.15, -0.1) is 0 Å². The summed E-state index contributed by atoms with van der Waals surface area (Å²) >= 11 is 0. The smallest absolute Gasteiger partial charge is 0.220 e. The zero-order chi connectivity index (χ0) is 13.2. The fraction of sp³-hybridized carbons (Fsp3) is 0.500. The molecule has 0 aliphatic rings. The highest BCUT2D eigenvalue weighted by molar-refractivity contribution is 5.75. The number of hydrogen-bond acceptors (Lipinski definition) is 3. The second-order valence-corrected chi connectivity index (χ2v) is 4.35. The Morgan fingerprint density at radius 1 is 1.28 bits per heavy atom. The van der Waals surface area contributed by atoms with Crippen LogP contribution in [-0.2, 0) is 4.79 Å². The minimum absolute atomic E-state index is 0.0998. The molecule has 0 aliphatic carbocycles. The van der Waals surface area contributed by atoms with Crippen LogP contribution in [0.2, 0.25) is 0 Å². The molecular formula is C14H23N3O. The van der Waals surface area contributed by atoms with Gasteiger partial charge >= 0.3 is 0 Å². The minimum atomic E-state index is 0.0998. The summed E-state index contributed by atoms with van der Waals surface area (Å²) in [6.45, 7) is 2.04. The van der Waals surface area contributed by atoms with Crippen LogP contribution in [0.4, 0.5) is 5.69 Å². The lowest BCUT2D eigenvalue weighted by molar-refractivity contribution is -0.121. The number of nitrogens with zero attached hydrogens (tertiary/aromatic N) is 1. The molecule has 1 amide bonds. The number of rotatable bonds is 8. The molecule has 0 aromatic heterocycles. The number of carbonyl (C=O) groups excluding carboxylic acids is 1. The second kappa shape index (κ2) is 8.53. The Kier molecular flexibility index (Phi) is 6.87. The molecule has 0 saturated heterocycles. The van der Waals surface area contributed by atoms with Crippen molar-refractivity contribution >= 4 is 11.6 Å². The summed E-state index contributed by atoms with van der Waals surface area (Å²) in [7, 11) is 2.07. The molecule has 0 fully saturated rings. The predicted octanol–water partition coefficient (Wildman–Crippen LogP) is 1.37. The van der Waals surface area contributed by atoms with Crippen molar-refractivity contribution in [3.63, 3.8) is 0 Å². The Balaban J connectivity index is 2.13. The van der Waals surface area contributed by atoms with Gasteiger partial charge in [-0.1, -0.05) is 18.2 Å². The SMILES string of the molecule is CN(CCCCC(=O)NCCN)c1ccccc1. The summed E-state index contributed by atoms with van der Waals surface area (Å²) in [5.74, 6) is 0.0998. The number of unbranched alkanes of at least 4 members (excludes halogenated alkanes) is 1. The minimum Gasteiger partial charge on any atom is -0.375 e. The molecule has 0 bridgehead atoms. The first-order valence-electron chi connectivity index (χ1n) is 6.47. The first-order valence-corrected chi connectivity index (χ1v) is 6.47. The van der Waals surface area contributed by atoms with E-state index < -0.39 is 0 Å². The van der Waals surface area contributed by atoms with E-state index in [4.69, 9.17) is 5.73 Å². The molecule has 0 atom stereocenters. The van der Waals surface area contributed by atoms with Crippen molar-refractivity contribution in [3.8, 4) is 0 Å². The van der Waals surface area contributed by atoms with E-state index in [1.807, 2.05) is 18.2 Å². The van der Waals surface area contributed by atoms with Crippen LogP contribution >= 0.6 is 0 Å². The van der Waals surface area contributed by atoms with Crippen molar-refractivity contribution in [2.75, 3.05) is 31.6 Å². The number of amides is 1. The third-order valence-corrected chi connectivity index (χ3v) is 2.81. The van der Waals surface area contributed by atoms with Crippen molar-refractivity contribution in [3.05, 3.63) is 30.3 Å². The van der Waals surface area contributed by atoms with E-state index in [1.54, 1.807) is 0 Å². The van der Waals surface area contributed by atoms with Crippen LogP contribution in [0.5, 0.6) is 0 Å². The van der Waals surface area contributed by atoms with Crippen LogP contribution in [0.3, 0.4) is 0 Å². The number of nitrogens with two attached hydrogens (primary N) is 1. The second-order valence-electron chi connectivity index (χ2n) is 4.35. The van der Waals surface area contributed by atoms with E-state index in [0.717, 1.165) is 19.4 Å². The molecule has 0 radical (unpaired) electrons. The molecule has 1 aromatic carbocycles. The first-order chi connectivity index (χ1) is 8.74. The number of benzene rings is 1. The molecule has 4 heteroatoms. The Morgan fingerprint density at radius 3 is 2.67 bits per heavy atom. The third-order valence-electron chi connectivity index (χ3n) is 2.81. The molecule has 1 rings (SSSR count). The fourth-order valence-electron chi connectivity index (χ4n) is 1.75. The maximum Gasteiger partial charge on any atom is 0.220 e. The van der Waals surface area contributed by atoms with Gasteiger partial charge in [0.25, 0.3) is 0 Å². The standard InChI is InChI=1S/C14H23N3O/c1-17(13-7-3-2-4-8-13)12-6-5-9-14(18)16-11-10-15/h2-4,7-8H,5-6,9-12,15H2,1H3,(H,16,18). The number of anilines is 1. The maximum absolute atomic E-state index is 11.3. The largest absolute Gasteiger partial charge is 0.375 e. The van der Waals surface area contributed by atoms with Crippen LogP contribution in [0.25, 0.3) is 0 Å². The zero-order valence-corrected chi connectivity index (χ0v) is 11.1. The summed E-state index contributed by atoms with van der Waals surface area (Å²) in [6, 6.07) is 10.3. The van der Waals surface area contributed by atoms with Crippen molar-refractivity contribution in [2.24, 2.45) is 5.73 Å². The lowest BCUT2D eigenvalue weighted by Gasteiger charge is -2.18. The molecule has 3 N–H and O–H groups in total. The van der Waals surface area contributed by atoms with E-state index in [9.17, 15) is 4.79 Å². The Hall–Kier alpha value is -1.55. The van der Waals surface area contributed by atoms with E-state index in [-0.39, 0.29) is 5.91 Å². The molecule has 0 aliphatic heterocycles. The quantitative estimate of drug-likeness (QED) is 0.684. The molecule has 0 saturated carbocycles. The van der Waals surface area contributed by atoms with Crippen LogP contribution in [-0.4, -0.2) is 32.6 Å². The van der Waals surface area contributed by atoms with Gasteiger partial charge in [0, 0.05) is 38.8 Å². The van der Waals surface area contributed by atoms with Crippen molar-refractivity contribution in [1.29, 1.82) is 0 Å². The highest BCUT2D eigenvalue weighted by atomic mass is 16.1. The Bertz CT molecular complexity index is 340. The van der Waals surface area contributed by atoms with Gasteiger partial charge in [-0.05, 0) is 25.0 Å². The lowest BCUT2D eigenvalue weighted by Crippen LogP contribution is -2.28. The fourth-order valence-corrected chi connectivity index (χ4v) is 1.75. The molecular weight excluding hydrogens is 226 g/mol. The van der Waals surface area contributed by atoms with E-state index in [0.29, 0.717) is 19.5 Å². The monoisotopic (exact) mass is 249 g/mol. The van der Waals surface area contributed by atoms with Crippen molar-refractivity contribution in [1.82, 2.24) is 5.32 Å². The van der Waals surface area contributed by atoms with E-state index >= 15 is 0 Å². The summed E-state index contributed by atoms with van der Waals surface area (Å²) in [6.07, 6.45) is 2.51. The molecule has 4 nitrogen and oxygen atoms in total. The van der Waals surface area contributed by atoms with E-state index in [1.165, 1.54) is 5.69 Å².